The van der Waals surface area contributed by atoms with Crippen LogP contribution in [0.15, 0.2) is 78.0 Å². The van der Waals surface area contributed by atoms with E-state index in [4.69, 9.17) is 4.98 Å². The van der Waals surface area contributed by atoms with Crippen molar-refractivity contribution in [1.82, 2.24) is 15.0 Å². The van der Waals surface area contributed by atoms with Gasteiger partial charge in [-0.15, -0.1) is 11.8 Å². The molecule has 0 radical (unpaired) electrons. The van der Waals surface area contributed by atoms with Crippen LogP contribution in [0.3, 0.4) is 0 Å². The minimum atomic E-state index is -0.107. The van der Waals surface area contributed by atoms with Crippen LogP contribution in [-0.4, -0.2) is 40.7 Å². The number of para-hydroxylation sites is 2. The summed E-state index contributed by atoms with van der Waals surface area (Å²) in [6, 6.07) is 19.4. The first-order valence-corrected chi connectivity index (χ1v) is 10.7. The zero-order valence-corrected chi connectivity index (χ0v) is 17.6. The SMILES string of the molecule is CSc1ccccc1NC(=O)CN(C)c1nc(-c2cccnc2)nc2ccccc12. The third-order valence-electron chi connectivity index (χ3n) is 4.63. The number of nitrogens with zero attached hydrogens (tertiary/aromatic N) is 4. The summed E-state index contributed by atoms with van der Waals surface area (Å²) < 4.78 is 0. The molecule has 0 fully saturated rings. The van der Waals surface area contributed by atoms with Gasteiger partial charge in [-0.05, 0) is 42.7 Å². The normalized spacial score (nSPS) is 10.7. The van der Waals surface area contributed by atoms with Gasteiger partial charge in [0.15, 0.2) is 5.82 Å². The van der Waals surface area contributed by atoms with Crippen molar-refractivity contribution in [3.63, 3.8) is 0 Å². The van der Waals surface area contributed by atoms with E-state index in [1.165, 1.54) is 0 Å². The van der Waals surface area contributed by atoms with Crippen molar-refractivity contribution in [2.24, 2.45) is 0 Å². The van der Waals surface area contributed by atoms with Crippen LogP contribution < -0.4 is 10.2 Å². The molecular weight excluding hydrogens is 394 g/mol. The third-order valence-corrected chi connectivity index (χ3v) is 5.42. The number of pyridine rings is 1. The molecule has 1 N–H and O–H groups in total. The Morgan fingerprint density at radius 3 is 2.63 bits per heavy atom. The summed E-state index contributed by atoms with van der Waals surface area (Å²) in [6.45, 7) is 0.163. The van der Waals surface area contributed by atoms with Gasteiger partial charge in [0, 0.05) is 35.3 Å². The lowest BCUT2D eigenvalue weighted by atomic mass is 10.2. The maximum absolute atomic E-state index is 12.7. The highest BCUT2D eigenvalue weighted by Gasteiger charge is 2.16. The molecule has 4 rings (SSSR count). The van der Waals surface area contributed by atoms with Gasteiger partial charge in [0.25, 0.3) is 0 Å². The maximum Gasteiger partial charge on any atom is 0.243 e. The number of carbonyl (C=O) groups excluding carboxylic acids is 1. The Morgan fingerprint density at radius 2 is 1.83 bits per heavy atom. The Bertz CT molecular complexity index is 1180. The molecule has 0 bridgehead atoms. The standard InChI is InChI=1S/C23H21N5OS/c1-28(15-21(29)25-19-11-5-6-12-20(19)30-2)23-17-9-3-4-10-18(17)26-22(27-23)16-8-7-13-24-14-16/h3-14H,15H2,1-2H3,(H,25,29). The Balaban J connectivity index is 1.64. The van der Waals surface area contributed by atoms with Crippen molar-refractivity contribution in [3.05, 3.63) is 73.1 Å². The van der Waals surface area contributed by atoms with Crippen molar-refractivity contribution in [3.8, 4) is 11.4 Å². The van der Waals surface area contributed by atoms with Crippen molar-refractivity contribution < 1.29 is 4.79 Å². The molecule has 2 aromatic heterocycles. The molecule has 2 heterocycles. The van der Waals surface area contributed by atoms with Crippen LogP contribution in [0.4, 0.5) is 11.5 Å². The summed E-state index contributed by atoms with van der Waals surface area (Å²) in [7, 11) is 1.86. The van der Waals surface area contributed by atoms with Gasteiger partial charge in [-0.25, -0.2) is 9.97 Å². The molecule has 0 unspecified atom stereocenters. The lowest BCUT2D eigenvalue weighted by Gasteiger charge is -2.20. The van der Waals surface area contributed by atoms with Gasteiger partial charge in [-0.3, -0.25) is 9.78 Å². The molecule has 0 aliphatic carbocycles. The van der Waals surface area contributed by atoms with Crippen molar-refractivity contribution in [2.45, 2.75) is 4.90 Å². The highest BCUT2D eigenvalue weighted by atomic mass is 32.2. The lowest BCUT2D eigenvalue weighted by Crippen LogP contribution is -2.31. The zero-order valence-electron chi connectivity index (χ0n) is 16.7. The van der Waals surface area contributed by atoms with Crippen LogP contribution in [0, 0.1) is 0 Å². The van der Waals surface area contributed by atoms with Gasteiger partial charge in [-0.1, -0.05) is 24.3 Å². The highest BCUT2D eigenvalue weighted by molar-refractivity contribution is 7.98. The predicted molar refractivity (Wildman–Crippen MR) is 123 cm³/mol. The second kappa shape index (κ2) is 8.92. The summed E-state index contributed by atoms with van der Waals surface area (Å²) in [5.74, 6) is 1.18. The van der Waals surface area contributed by atoms with Crippen LogP contribution in [0.1, 0.15) is 0 Å². The number of rotatable bonds is 6. The van der Waals surface area contributed by atoms with Crippen LogP contribution in [-0.2, 0) is 4.79 Å². The second-order valence-corrected chi connectivity index (χ2v) is 7.58. The number of anilines is 2. The van der Waals surface area contributed by atoms with Crippen molar-refractivity contribution >= 4 is 40.1 Å². The number of hydrogen-bond acceptors (Lipinski definition) is 6. The largest absolute Gasteiger partial charge is 0.350 e. The number of thioether (sulfide) groups is 1. The van der Waals surface area contributed by atoms with E-state index in [1.54, 1.807) is 24.2 Å². The lowest BCUT2D eigenvalue weighted by molar-refractivity contribution is -0.114. The number of amides is 1. The van der Waals surface area contributed by atoms with Gasteiger partial charge in [0.1, 0.15) is 5.82 Å². The molecule has 7 heteroatoms. The molecule has 4 aromatic rings. The van der Waals surface area contributed by atoms with E-state index in [0.29, 0.717) is 11.6 Å². The summed E-state index contributed by atoms with van der Waals surface area (Å²) in [6.07, 6.45) is 5.44. The highest BCUT2D eigenvalue weighted by Crippen LogP contribution is 2.27. The molecule has 0 aliphatic heterocycles. The van der Waals surface area contributed by atoms with Crippen LogP contribution in [0.25, 0.3) is 22.3 Å². The Hall–Kier alpha value is -3.45. The van der Waals surface area contributed by atoms with Gasteiger partial charge in [0.2, 0.25) is 5.91 Å². The molecule has 0 saturated heterocycles. The zero-order chi connectivity index (χ0) is 20.9. The fraction of sp³-hybridized carbons (Fsp3) is 0.130. The van der Waals surface area contributed by atoms with Gasteiger partial charge >= 0.3 is 0 Å². The van der Waals surface area contributed by atoms with E-state index < -0.39 is 0 Å². The van der Waals surface area contributed by atoms with Crippen LogP contribution >= 0.6 is 11.8 Å². The number of fused-ring (bicyclic) bond motifs is 1. The quantitative estimate of drug-likeness (QED) is 0.468. The number of likely N-dealkylation sites (N-methyl/N-ethyl adjacent to an activating group) is 1. The summed E-state index contributed by atoms with van der Waals surface area (Å²) in [5, 5.41) is 3.90. The number of hydrogen-bond donors (Lipinski definition) is 1. The number of carbonyl (C=O) groups is 1. The van der Waals surface area contributed by atoms with Gasteiger partial charge in [0.05, 0.1) is 17.7 Å². The monoisotopic (exact) mass is 415 g/mol. The molecular formula is C23H21N5OS. The Morgan fingerprint density at radius 1 is 1.03 bits per heavy atom. The second-order valence-electron chi connectivity index (χ2n) is 6.73. The van der Waals surface area contributed by atoms with Gasteiger partial charge < -0.3 is 10.2 Å². The summed E-state index contributed by atoms with van der Waals surface area (Å²) in [4.78, 5) is 29.2. The van der Waals surface area contributed by atoms with E-state index in [0.717, 1.165) is 27.0 Å². The smallest absolute Gasteiger partial charge is 0.243 e. The fourth-order valence-electron chi connectivity index (χ4n) is 3.20. The fourth-order valence-corrected chi connectivity index (χ4v) is 3.76. The molecule has 0 aliphatic rings. The molecule has 6 nitrogen and oxygen atoms in total. The van der Waals surface area contributed by atoms with Gasteiger partial charge in [-0.2, -0.15) is 0 Å². The van der Waals surface area contributed by atoms with Crippen molar-refractivity contribution in [1.29, 1.82) is 0 Å². The topological polar surface area (TPSA) is 71.0 Å². The van der Waals surface area contributed by atoms with Crippen LogP contribution in [0.2, 0.25) is 0 Å². The first-order chi connectivity index (χ1) is 14.7. The Kier molecular flexibility index (Phi) is 5.90. The molecule has 2 aromatic carbocycles. The summed E-state index contributed by atoms with van der Waals surface area (Å²) >= 11 is 1.60. The van der Waals surface area contributed by atoms with E-state index in [1.807, 2.05) is 78.9 Å². The van der Waals surface area contributed by atoms with Crippen LogP contribution in [0.5, 0.6) is 0 Å². The molecule has 0 atom stereocenters. The molecule has 30 heavy (non-hydrogen) atoms. The van der Waals surface area contributed by atoms with E-state index in [2.05, 4.69) is 15.3 Å². The van der Waals surface area contributed by atoms with E-state index in [9.17, 15) is 4.79 Å². The molecule has 0 spiro atoms. The first kappa shape index (κ1) is 19.8. The molecule has 0 saturated carbocycles. The number of nitrogens with one attached hydrogen (secondary N) is 1. The van der Waals surface area contributed by atoms with E-state index >= 15 is 0 Å². The summed E-state index contributed by atoms with van der Waals surface area (Å²) in [5.41, 5.74) is 2.46. The Labute approximate surface area is 179 Å². The average molecular weight is 416 g/mol. The third kappa shape index (κ3) is 4.26. The maximum atomic E-state index is 12.7. The molecule has 1 amide bonds. The van der Waals surface area contributed by atoms with Crippen molar-refractivity contribution in [2.75, 3.05) is 30.1 Å². The average Bonchev–Trinajstić information content (AvgIpc) is 2.79. The minimum Gasteiger partial charge on any atom is -0.350 e. The minimum absolute atomic E-state index is 0.107. The first-order valence-electron chi connectivity index (χ1n) is 9.47. The number of benzene rings is 2. The number of aromatic nitrogens is 3. The predicted octanol–water partition coefficient (Wildman–Crippen LogP) is 4.49. The van der Waals surface area contributed by atoms with E-state index in [-0.39, 0.29) is 12.5 Å². The molecule has 150 valence electrons.